The van der Waals surface area contributed by atoms with Crippen molar-refractivity contribution in [1.82, 2.24) is 0 Å². The van der Waals surface area contributed by atoms with Gasteiger partial charge in [-0.2, -0.15) is 0 Å². The van der Waals surface area contributed by atoms with E-state index >= 15 is 0 Å². The van der Waals surface area contributed by atoms with E-state index < -0.39 is 8.32 Å². The van der Waals surface area contributed by atoms with Gasteiger partial charge in [0, 0.05) is 0 Å². The molecule has 1 rings (SSSR count). The quantitative estimate of drug-likeness (QED) is 0.581. The summed E-state index contributed by atoms with van der Waals surface area (Å²) in [6, 6.07) is 0. The molecule has 1 N–H and O–H groups in total. The molecule has 0 radical (unpaired) electrons. The molecule has 0 aromatic rings. The minimum absolute atomic E-state index is 0.696. The molecule has 0 atom stereocenters. The van der Waals surface area contributed by atoms with E-state index in [1.165, 1.54) is 32.1 Å². The Hall–Kier alpha value is 0.177. The van der Waals surface area contributed by atoms with Gasteiger partial charge in [0.2, 0.25) is 0 Å². The summed E-state index contributed by atoms with van der Waals surface area (Å²) >= 11 is 0. The van der Waals surface area contributed by atoms with Crippen LogP contribution in [0.5, 0.6) is 0 Å². The zero-order chi connectivity index (χ0) is 7.61. The van der Waals surface area contributed by atoms with Crippen molar-refractivity contribution in [3.05, 3.63) is 0 Å². The van der Waals surface area contributed by atoms with Gasteiger partial charge in [0.25, 0.3) is 0 Å². The molecule has 0 aromatic heterocycles. The summed E-state index contributed by atoms with van der Waals surface area (Å²) in [5, 5.41) is 0. The topological polar surface area (TPSA) is 20.2 Å². The molecule has 0 aliphatic heterocycles. The highest BCUT2D eigenvalue weighted by molar-refractivity contribution is 6.71. The van der Waals surface area contributed by atoms with Crippen molar-refractivity contribution >= 4 is 8.32 Å². The van der Waals surface area contributed by atoms with Crippen LogP contribution in [0.1, 0.15) is 32.1 Å². The highest BCUT2D eigenvalue weighted by Gasteiger charge is 2.30. The van der Waals surface area contributed by atoms with Crippen LogP contribution < -0.4 is 0 Å². The minimum Gasteiger partial charge on any atom is -0.432 e. The van der Waals surface area contributed by atoms with E-state index in [0.717, 1.165) is 0 Å². The normalized spacial score (nSPS) is 23.1. The van der Waals surface area contributed by atoms with Crippen LogP contribution in [-0.4, -0.2) is 13.1 Å². The van der Waals surface area contributed by atoms with Gasteiger partial charge < -0.3 is 4.80 Å². The molecule has 0 spiro atoms. The highest BCUT2D eigenvalue weighted by atomic mass is 28.4. The van der Waals surface area contributed by atoms with E-state index in [0.29, 0.717) is 5.54 Å². The lowest BCUT2D eigenvalue weighted by atomic mass is 10.0. The molecule has 1 nitrogen and oxygen atoms in total. The Kier molecular flexibility index (Phi) is 2.53. The lowest BCUT2D eigenvalue weighted by Crippen LogP contribution is -2.33. The van der Waals surface area contributed by atoms with Crippen LogP contribution in [0.25, 0.3) is 0 Å². The van der Waals surface area contributed by atoms with Crippen molar-refractivity contribution in [2.75, 3.05) is 0 Å². The SMILES string of the molecule is C[Si](C)(O)C1CCCCC1. The Morgan fingerprint density at radius 1 is 1.10 bits per heavy atom. The monoisotopic (exact) mass is 158 g/mol. The van der Waals surface area contributed by atoms with Crippen LogP contribution in [0, 0.1) is 0 Å². The molecule has 0 saturated heterocycles. The zero-order valence-corrected chi connectivity index (χ0v) is 8.06. The average molecular weight is 158 g/mol. The second-order valence-corrected chi connectivity index (χ2v) is 8.11. The van der Waals surface area contributed by atoms with E-state index in [-0.39, 0.29) is 0 Å². The zero-order valence-electron chi connectivity index (χ0n) is 7.06. The van der Waals surface area contributed by atoms with Gasteiger partial charge in [-0.25, -0.2) is 0 Å². The van der Waals surface area contributed by atoms with Crippen molar-refractivity contribution in [3.8, 4) is 0 Å². The van der Waals surface area contributed by atoms with Gasteiger partial charge in [-0.15, -0.1) is 0 Å². The third-order valence-corrected chi connectivity index (χ3v) is 5.18. The largest absolute Gasteiger partial charge is 0.432 e. The van der Waals surface area contributed by atoms with Gasteiger partial charge in [0.1, 0.15) is 0 Å². The Morgan fingerprint density at radius 2 is 1.60 bits per heavy atom. The molecule has 0 heterocycles. The summed E-state index contributed by atoms with van der Waals surface area (Å²) in [7, 11) is -1.76. The molecule has 0 bridgehead atoms. The van der Waals surface area contributed by atoms with Gasteiger partial charge in [-0.1, -0.05) is 32.1 Å². The number of hydrogen-bond acceptors (Lipinski definition) is 1. The molecule has 0 amide bonds. The van der Waals surface area contributed by atoms with Gasteiger partial charge in [-0.3, -0.25) is 0 Å². The van der Waals surface area contributed by atoms with Crippen molar-refractivity contribution in [3.63, 3.8) is 0 Å². The fraction of sp³-hybridized carbons (Fsp3) is 1.00. The first-order valence-corrected chi connectivity index (χ1v) is 7.35. The molecular formula is C8H18OSi. The molecule has 60 valence electrons. The van der Waals surface area contributed by atoms with Gasteiger partial charge in [0.05, 0.1) is 0 Å². The maximum atomic E-state index is 9.78. The summed E-state index contributed by atoms with van der Waals surface area (Å²) in [5.74, 6) is 0. The molecule has 1 aliphatic rings. The second kappa shape index (κ2) is 3.05. The molecule has 1 saturated carbocycles. The summed E-state index contributed by atoms with van der Waals surface area (Å²) in [5.41, 5.74) is 0.696. The Labute approximate surface area is 64.6 Å². The van der Waals surface area contributed by atoms with Gasteiger partial charge in [0.15, 0.2) is 8.32 Å². The molecule has 1 fully saturated rings. The van der Waals surface area contributed by atoms with Crippen molar-refractivity contribution in [2.45, 2.75) is 50.7 Å². The fourth-order valence-electron chi connectivity index (χ4n) is 1.81. The van der Waals surface area contributed by atoms with Gasteiger partial charge in [-0.05, 0) is 18.6 Å². The van der Waals surface area contributed by atoms with E-state index in [2.05, 4.69) is 13.1 Å². The number of rotatable bonds is 1. The fourth-order valence-corrected chi connectivity index (χ4v) is 3.63. The molecular weight excluding hydrogens is 140 g/mol. The number of hydrogen-bond donors (Lipinski definition) is 1. The lowest BCUT2D eigenvalue weighted by Gasteiger charge is -2.30. The van der Waals surface area contributed by atoms with E-state index in [9.17, 15) is 4.80 Å². The molecule has 10 heavy (non-hydrogen) atoms. The third-order valence-electron chi connectivity index (χ3n) is 2.60. The Balaban J connectivity index is 2.39. The summed E-state index contributed by atoms with van der Waals surface area (Å²) in [6.07, 6.45) is 6.66. The Bertz CT molecular complexity index is 100. The Morgan fingerprint density at radius 3 is 1.90 bits per heavy atom. The predicted molar refractivity (Wildman–Crippen MR) is 46.5 cm³/mol. The second-order valence-electron chi connectivity index (χ2n) is 3.99. The first kappa shape index (κ1) is 8.28. The summed E-state index contributed by atoms with van der Waals surface area (Å²) in [6.45, 7) is 4.14. The van der Waals surface area contributed by atoms with E-state index in [1.807, 2.05) is 0 Å². The predicted octanol–water partition coefficient (Wildman–Crippen LogP) is 2.52. The van der Waals surface area contributed by atoms with Crippen LogP contribution in [0.2, 0.25) is 18.6 Å². The standard InChI is InChI=1S/C8H18OSi/c1-10(2,9)8-6-4-3-5-7-8/h8-9H,3-7H2,1-2H3. The van der Waals surface area contributed by atoms with Crippen LogP contribution in [0.4, 0.5) is 0 Å². The lowest BCUT2D eigenvalue weighted by molar-refractivity contribution is 0.435. The first-order chi connectivity index (χ1) is 4.61. The average Bonchev–Trinajstić information content (AvgIpc) is 1.88. The van der Waals surface area contributed by atoms with Crippen LogP contribution >= 0.6 is 0 Å². The first-order valence-electron chi connectivity index (χ1n) is 4.33. The minimum atomic E-state index is -1.76. The molecule has 0 aromatic carbocycles. The van der Waals surface area contributed by atoms with Crippen molar-refractivity contribution in [1.29, 1.82) is 0 Å². The van der Waals surface area contributed by atoms with E-state index in [4.69, 9.17) is 0 Å². The molecule has 2 heteroatoms. The maximum absolute atomic E-state index is 9.78. The highest BCUT2D eigenvalue weighted by Crippen LogP contribution is 2.35. The van der Waals surface area contributed by atoms with E-state index in [1.54, 1.807) is 0 Å². The van der Waals surface area contributed by atoms with Crippen LogP contribution in [0.3, 0.4) is 0 Å². The smallest absolute Gasteiger partial charge is 0.185 e. The van der Waals surface area contributed by atoms with Crippen LogP contribution in [0.15, 0.2) is 0 Å². The summed E-state index contributed by atoms with van der Waals surface area (Å²) in [4.78, 5) is 9.78. The maximum Gasteiger partial charge on any atom is 0.185 e. The molecule has 1 aliphatic carbocycles. The summed E-state index contributed by atoms with van der Waals surface area (Å²) < 4.78 is 0. The molecule has 0 unspecified atom stereocenters. The van der Waals surface area contributed by atoms with Crippen molar-refractivity contribution in [2.24, 2.45) is 0 Å². The van der Waals surface area contributed by atoms with Crippen LogP contribution in [-0.2, 0) is 0 Å². The van der Waals surface area contributed by atoms with Crippen molar-refractivity contribution < 1.29 is 4.80 Å². The van der Waals surface area contributed by atoms with Gasteiger partial charge >= 0.3 is 0 Å². The third kappa shape index (κ3) is 2.10.